The average Bonchev–Trinajstić information content (AvgIpc) is 2.32. The largest absolute Gasteiger partial charge is 0.508 e. The van der Waals surface area contributed by atoms with Crippen molar-refractivity contribution in [2.24, 2.45) is 0 Å². The number of hydrogen-bond acceptors (Lipinski definition) is 3. The summed E-state index contributed by atoms with van der Waals surface area (Å²) in [7, 11) is 0. The van der Waals surface area contributed by atoms with Crippen LogP contribution in [0.3, 0.4) is 0 Å². The van der Waals surface area contributed by atoms with Gasteiger partial charge in [0.25, 0.3) is 0 Å². The number of hydrogen-bond donors (Lipinski definition) is 3. The Hall–Kier alpha value is -2.00. The summed E-state index contributed by atoms with van der Waals surface area (Å²) in [6.07, 6.45) is 0. The van der Waals surface area contributed by atoms with E-state index in [-0.39, 0.29) is 0 Å². The van der Waals surface area contributed by atoms with E-state index in [9.17, 15) is 0 Å². The van der Waals surface area contributed by atoms with Crippen molar-refractivity contribution in [3.05, 3.63) is 60.7 Å². The van der Waals surface area contributed by atoms with E-state index in [1.165, 1.54) is 0 Å². The molecule has 3 nitrogen and oxygen atoms in total. The summed E-state index contributed by atoms with van der Waals surface area (Å²) in [5.74, 6) is 0.322. The van der Waals surface area contributed by atoms with Crippen LogP contribution in [0.1, 0.15) is 0 Å². The molecule has 0 bridgehead atoms. The van der Waals surface area contributed by atoms with E-state index in [0.29, 0.717) is 11.4 Å². The maximum Gasteiger partial charge on any atom is 0.115 e. The molecular weight excluding hydrogens is 190 g/mol. The molecule has 0 amide bonds. The van der Waals surface area contributed by atoms with Gasteiger partial charge in [-0.2, -0.15) is 0 Å². The van der Waals surface area contributed by atoms with Crippen LogP contribution < -0.4 is 5.48 Å². The van der Waals surface area contributed by atoms with E-state index in [4.69, 9.17) is 10.3 Å². The summed E-state index contributed by atoms with van der Waals surface area (Å²) >= 11 is 0. The fourth-order valence-corrected chi connectivity index (χ4v) is 0.941. The Kier molecular flexibility index (Phi) is 4.77. The monoisotopic (exact) mass is 203 g/mol. The van der Waals surface area contributed by atoms with Crippen LogP contribution in [0.4, 0.5) is 5.69 Å². The molecule has 2 aromatic rings. The summed E-state index contributed by atoms with van der Waals surface area (Å²) in [6, 6.07) is 17.8. The van der Waals surface area contributed by atoms with Gasteiger partial charge in [-0.15, -0.1) is 0 Å². The minimum Gasteiger partial charge on any atom is -0.508 e. The summed E-state index contributed by atoms with van der Waals surface area (Å²) in [4.78, 5) is 0. The highest BCUT2D eigenvalue weighted by molar-refractivity contribution is 5.39. The molecule has 3 heteroatoms. The van der Waals surface area contributed by atoms with E-state index in [1.54, 1.807) is 36.4 Å². The molecule has 78 valence electrons. The van der Waals surface area contributed by atoms with Crippen molar-refractivity contribution in [2.45, 2.75) is 0 Å². The molecule has 0 aliphatic heterocycles. The Bertz CT molecular complexity index is 362. The van der Waals surface area contributed by atoms with Crippen molar-refractivity contribution in [1.29, 1.82) is 0 Å². The van der Waals surface area contributed by atoms with Crippen LogP contribution in [0.25, 0.3) is 0 Å². The Labute approximate surface area is 88.6 Å². The smallest absolute Gasteiger partial charge is 0.115 e. The van der Waals surface area contributed by atoms with Gasteiger partial charge in [0.2, 0.25) is 0 Å². The van der Waals surface area contributed by atoms with Crippen LogP contribution in [-0.2, 0) is 0 Å². The average molecular weight is 203 g/mol. The zero-order valence-corrected chi connectivity index (χ0v) is 8.17. The molecule has 0 atom stereocenters. The first-order chi connectivity index (χ1) is 7.33. The first kappa shape index (κ1) is 11.1. The molecule has 0 saturated heterocycles. The van der Waals surface area contributed by atoms with Gasteiger partial charge in [0.15, 0.2) is 0 Å². The Morgan fingerprint density at radius 1 is 0.733 bits per heavy atom. The molecule has 0 saturated carbocycles. The third-order valence-electron chi connectivity index (χ3n) is 1.66. The van der Waals surface area contributed by atoms with Gasteiger partial charge < -0.3 is 5.11 Å². The van der Waals surface area contributed by atoms with E-state index in [2.05, 4.69) is 0 Å². The summed E-state index contributed by atoms with van der Waals surface area (Å²) in [6.45, 7) is 0. The van der Waals surface area contributed by atoms with Crippen molar-refractivity contribution in [3.8, 4) is 5.75 Å². The van der Waals surface area contributed by atoms with Gasteiger partial charge in [0, 0.05) is 0 Å². The third kappa shape index (κ3) is 4.69. The van der Waals surface area contributed by atoms with E-state index in [0.717, 1.165) is 0 Å². The Balaban J connectivity index is 0.000000151. The summed E-state index contributed by atoms with van der Waals surface area (Å²) in [5.41, 5.74) is 2.74. The van der Waals surface area contributed by atoms with E-state index in [1.807, 2.05) is 29.7 Å². The first-order valence-corrected chi connectivity index (χ1v) is 4.52. The number of benzene rings is 2. The molecule has 0 aliphatic carbocycles. The van der Waals surface area contributed by atoms with Gasteiger partial charge in [-0.1, -0.05) is 36.4 Å². The summed E-state index contributed by atoms with van der Waals surface area (Å²) in [5, 5.41) is 16.9. The highest BCUT2D eigenvalue weighted by atomic mass is 16.5. The maximum absolute atomic E-state index is 8.63. The Morgan fingerprint density at radius 2 is 1.20 bits per heavy atom. The standard InChI is InChI=1S/C6H7NO.C6H6O/c8-7-6-4-2-1-3-5-6;7-6-4-2-1-3-5-6/h1-5,7-8H;1-5,7H. The normalized spacial score (nSPS) is 8.60. The molecule has 0 heterocycles. The third-order valence-corrected chi connectivity index (χ3v) is 1.66. The zero-order valence-electron chi connectivity index (χ0n) is 8.17. The lowest BCUT2D eigenvalue weighted by Crippen LogP contribution is -1.85. The topological polar surface area (TPSA) is 52.5 Å². The van der Waals surface area contributed by atoms with Crippen molar-refractivity contribution in [3.63, 3.8) is 0 Å². The first-order valence-electron chi connectivity index (χ1n) is 4.52. The molecule has 2 rings (SSSR count). The van der Waals surface area contributed by atoms with E-state index < -0.39 is 0 Å². The SMILES string of the molecule is ONc1ccccc1.Oc1ccccc1. The minimum atomic E-state index is 0.322. The second kappa shape index (κ2) is 6.45. The predicted molar refractivity (Wildman–Crippen MR) is 60.0 cm³/mol. The molecule has 0 fully saturated rings. The molecule has 15 heavy (non-hydrogen) atoms. The van der Waals surface area contributed by atoms with Gasteiger partial charge in [0.1, 0.15) is 5.75 Å². The van der Waals surface area contributed by atoms with Crippen LogP contribution in [0.15, 0.2) is 60.7 Å². The fourth-order valence-electron chi connectivity index (χ4n) is 0.941. The van der Waals surface area contributed by atoms with Crippen molar-refractivity contribution in [2.75, 3.05) is 5.48 Å². The van der Waals surface area contributed by atoms with Gasteiger partial charge in [-0.3, -0.25) is 10.7 Å². The number of phenolic OH excluding ortho intramolecular Hbond substituents is 1. The fraction of sp³-hybridized carbons (Fsp3) is 0. The van der Waals surface area contributed by atoms with Gasteiger partial charge in [-0.25, -0.2) is 0 Å². The van der Waals surface area contributed by atoms with E-state index >= 15 is 0 Å². The van der Waals surface area contributed by atoms with Gasteiger partial charge >= 0.3 is 0 Å². The highest BCUT2D eigenvalue weighted by Gasteiger charge is 1.79. The lowest BCUT2D eigenvalue weighted by atomic mass is 10.3. The number of rotatable bonds is 1. The minimum absolute atomic E-state index is 0.322. The van der Waals surface area contributed by atoms with Crippen LogP contribution in [0.2, 0.25) is 0 Å². The highest BCUT2D eigenvalue weighted by Crippen LogP contribution is 2.03. The van der Waals surface area contributed by atoms with Crippen molar-refractivity contribution in [1.82, 2.24) is 0 Å². The number of aromatic hydroxyl groups is 1. The van der Waals surface area contributed by atoms with Crippen LogP contribution in [0.5, 0.6) is 5.75 Å². The molecule has 2 aromatic carbocycles. The predicted octanol–water partition coefficient (Wildman–Crippen LogP) is 2.88. The molecule has 0 spiro atoms. The van der Waals surface area contributed by atoms with Gasteiger partial charge in [0.05, 0.1) is 5.69 Å². The summed E-state index contributed by atoms with van der Waals surface area (Å²) < 4.78 is 0. The number of nitrogens with one attached hydrogen (secondary N) is 1. The molecule has 0 aromatic heterocycles. The molecular formula is C12H13NO2. The lowest BCUT2D eigenvalue weighted by Gasteiger charge is -1.92. The van der Waals surface area contributed by atoms with Crippen molar-refractivity contribution >= 4 is 5.69 Å². The molecule has 3 N–H and O–H groups in total. The quantitative estimate of drug-likeness (QED) is 0.624. The van der Waals surface area contributed by atoms with Crippen LogP contribution in [-0.4, -0.2) is 10.3 Å². The lowest BCUT2D eigenvalue weighted by molar-refractivity contribution is 0.389. The number of anilines is 1. The second-order valence-corrected chi connectivity index (χ2v) is 2.81. The van der Waals surface area contributed by atoms with Gasteiger partial charge in [-0.05, 0) is 24.3 Å². The maximum atomic E-state index is 8.63. The Morgan fingerprint density at radius 3 is 1.47 bits per heavy atom. The van der Waals surface area contributed by atoms with Crippen molar-refractivity contribution < 1.29 is 10.3 Å². The molecule has 0 unspecified atom stereocenters. The number of para-hydroxylation sites is 2. The zero-order chi connectivity index (χ0) is 10.9. The number of phenols is 1. The molecule has 0 aliphatic rings. The molecule has 0 radical (unpaired) electrons. The van der Waals surface area contributed by atoms with Crippen LogP contribution >= 0.6 is 0 Å². The second-order valence-electron chi connectivity index (χ2n) is 2.81. The van der Waals surface area contributed by atoms with Crippen LogP contribution in [0, 0.1) is 0 Å².